The number of hydrogen-bond acceptors (Lipinski definition) is 7. The average molecular weight is 401 g/mol. The van der Waals surface area contributed by atoms with Crippen LogP contribution < -0.4 is 5.32 Å². The number of hydrogen-bond donors (Lipinski definition) is 1. The maximum atomic E-state index is 12.4. The van der Waals surface area contributed by atoms with Gasteiger partial charge in [0.15, 0.2) is 5.13 Å². The van der Waals surface area contributed by atoms with Crippen LogP contribution in [0.15, 0.2) is 30.7 Å². The molecule has 1 aliphatic heterocycles. The van der Waals surface area contributed by atoms with Crippen LogP contribution in [0.5, 0.6) is 0 Å². The van der Waals surface area contributed by atoms with Crippen molar-refractivity contribution >= 4 is 28.2 Å². The number of amides is 1. The first-order valence-electron chi connectivity index (χ1n) is 9.60. The van der Waals surface area contributed by atoms with Gasteiger partial charge in [-0.3, -0.25) is 4.79 Å². The smallest absolute Gasteiger partial charge is 0.246 e. The molecule has 7 nitrogen and oxygen atoms in total. The van der Waals surface area contributed by atoms with Crippen molar-refractivity contribution in [3.63, 3.8) is 0 Å². The van der Waals surface area contributed by atoms with Crippen molar-refractivity contribution in [2.45, 2.75) is 26.2 Å². The number of anilines is 2. The zero-order valence-corrected chi connectivity index (χ0v) is 17.6. The summed E-state index contributed by atoms with van der Waals surface area (Å²) < 4.78 is 0. The minimum Gasteiger partial charge on any atom is -0.339 e. The fraction of sp³-hybridized carbons (Fsp3) is 0.500. The number of nitrogens with zero attached hydrogens (tertiary/aromatic N) is 5. The minimum absolute atomic E-state index is 0.107. The summed E-state index contributed by atoms with van der Waals surface area (Å²) >= 11 is 1.60. The van der Waals surface area contributed by atoms with Crippen molar-refractivity contribution in [3.05, 3.63) is 41.3 Å². The molecular weight excluding hydrogens is 372 g/mol. The fourth-order valence-corrected chi connectivity index (χ4v) is 3.97. The molecule has 1 unspecified atom stereocenters. The van der Waals surface area contributed by atoms with Crippen molar-refractivity contribution in [1.29, 1.82) is 0 Å². The van der Waals surface area contributed by atoms with Gasteiger partial charge >= 0.3 is 0 Å². The van der Waals surface area contributed by atoms with Crippen molar-refractivity contribution in [2.24, 2.45) is 5.92 Å². The zero-order valence-electron chi connectivity index (χ0n) is 16.8. The lowest BCUT2D eigenvalue weighted by atomic mass is 9.93. The van der Waals surface area contributed by atoms with Crippen molar-refractivity contribution in [2.75, 3.05) is 39.0 Å². The highest BCUT2D eigenvalue weighted by Gasteiger charge is 2.23. The number of likely N-dealkylation sites (tertiary alicyclic amines) is 1. The van der Waals surface area contributed by atoms with Crippen LogP contribution in [0.3, 0.4) is 0 Å². The van der Waals surface area contributed by atoms with Gasteiger partial charge in [-0.05, 0) is 46.2 Å². The van der Waals surface area contributed by atoms with Gasteiger partial charge in [-0.15, -0.1) is 11.3 Å². The highest BCUT2D eigenvalue weighted by molar-refractivity contribution is 7.15. The highest BCUT2D eigenvalue weighted by Crippen LogP contribution is 2.23. The molecule has 3 rings (SSSR count). The van der Waals surface area contributed by atoms with Crippen LogP contribution >= 0.6 is 11.3 Å². The second-order valence-corrected chi connectivity index (χ2v) is 8.69. The van der Waals surface area contributed by atoms with Crippen LogP contribution in [0.1, 0.15) is 23.4 Å². The molecule has 0 aliphatic carbocycles. The third kappa shape index (κ3) is 6.10. The van der Waals surface area contributed by atoms with E-state index in [1.54, 1.807) is 23.7 Å². The monoisotopic (exact) mass is 400 g/mol. The molecule has 2 aromatic rings. The Labute approximate surface area is 170 Å². The Bertz CT molecular complexity index is 819. The van der Waals surface area contributed by atoms with Gasteiger partial charge in [0.05, 0.1) is 0 Å². The minimum atomic E-state index is 0.107. The number of likely N-dealkylation sites (N-methyl/N-ethyl adjacent to an activating group) is 1. The van der Waals surface area contributed by atoms with E-state index in [4.69, 9.17) is 0 Å². The molecule has 1 aliphatic rings. The summed E-state index contributed by atoms with van der Waals surface area (Å²) in [6.45, 7) is 4.42. The summed E-state index contributed by atoms with van der Waals surface area (Å²) in [7, 11) is 3.98. The lowest BCUT2D eigenvalue weighted by Crippen LogP contribution is -2.39. The van der Waals surface area contributed by atoms with Gasteiger partial charge in [-0.25, -0.2) is 15.0 Å². The number of carbonyl (C=O) groups excluding carboxylic acids is 1. The fourth-order valence-electron chi connectivity index (χ4n) is 3.30. The van der Waals surface area contributed by atoms with Crippen LogP contribution in [-0.4, -0.2) is 64.4 Å². The molecule has 8 heteroatoms. The normalized spacial score (nSPS) is 17.4. The molecular formula is C20H28N6OS. The van der Waals surface area contributed by atoms with Crippen LogP contribution in [0, 0.1) is 12.8 Å². The molecule has 1 saturated heterocycles. The second kappa shape index (κ2) is 9.75. The van der Waals surface area contributed by atoms with Gasteiger partial charge in [0.2, 0.25) is 5.91 Å². The maximum absolute atomic E-state index is 12.4. The van der Waals surface area contributed by atoms with E-state index in [-0.39, 0.29) is 5.91 Å². The predicted molar refractivity (Wildman–Crippen MR) is 113 cm³/mol. The number of carbonyl (C=O) groups is 1. The van der Waals surface area contributed by atoms with E-state index in [9.17, 15) is 4.79 Å². The Morgan fingerprint density at radius 2 is 2.25 bits per heavy atom. The third-order valence-corrected chi connectivity index (χ3v) is 5.47. The van der Waals surface area contributed by atoms with E-state index < -0.39 is 0 Å². The number of thiazole rings is 1. The van der Waals surface area contributed by atoms with Crippen LogP contribution in [0.4, 0.5) is 10.9 Å². The van der Waals surface area contributed by atoms with Gasteiger partial charge in [0, 0.05) is 48.5 Å². The molecule has 1 atom stereocenters. The van der Waals surface area contributed by atoms with Crippen molar-refractivity contribution < 1.29 is 4.79 Å². The van der Waals surface area contributed by atoms with E-state index in [0.717, 1.165) is 60.4 Å². The number of rotatable bonds is 7. The zero-order chi connectivity index (χ0) is 19.9. The summed E-state index contributed by atoms with van der Waals surface area (Å²) in [6, 6.07) is 1.98. The second-order valence-electron chi connectivity index (χ2n) is 7.46. The van der Waals surface area contributed by atoms with E-state index in [0.29, 0.717) is 5.92 Å². The average Bonchev–Trinajstić information content (AvgIpc) is 3.06. The molecule has 0 bridgehead atoms. The Morgan fingerprint density at radius 1 is 1.39 bits per heavy atom. The number of aromatic nitrogens is 3. The maximum Gasteiger partial charge on any atom is 0.246 e. The standard InChI is InChI=1S/C20H28N6OS/c1-15-12-21-20(28-15)24-18-11-17(22-14-23-18)10-16-6-4-9-26(13-16)19(27)7-5-8-25(2)3/h5,7,11-12,14,16H,4,6,8-10,13H2,1-3H3,(H,21,22,23,24)/b7-5+. The van der Waals surface area contributed by atoms with E-state index in [2.05, 4.69) is 20.3 Å². The van der Waals surface area contributed by atoms with E-state index >= 15 is 0 Å². The van der Waals surface area contributed by atoms with Gasteiger partial charge in [0.1, 0.15) is 12.1 Å². The Morgan fingerprint density at radius 3 is 3.00 bits per heavy atom. The van der Waals surface area contributed by atoms with Gasteiger partial charge in [0.25, 0.3) is 0 Å². The molecule has 0 spiro atoms. The molecule has 0 radical (unpaired) electrons. The Hall–Kier alpha value is -2.32. The molecule has 150 valence electrons. The summed E-state index contributed by atoms with van der Waals surface area (Å²) in [6.07, 6.45) is 10.1. The summed E-state index contributed by atoms with van der Waals surface area (Å²) in [5, 5.41) is 4.07. The first kappa shape index (κ1) is 20.4. The predicted octanol–water partition coefficient (Wildman–Crippen LogP) is 2.88. The molecule has 0 aromatic carbocycles. The molecule has 1 N–H and O–H groups in total. The molecule has 28 heavy (non-hydrogen) atoms. The van der Waals surface area contributed by atoms with Crippen LogP contribution in [0.25, 0.3) is 0 Å². The third-order valence-electron chi connectivity index (χ3n) is 4.64. The lowest BCUT2D eigenvalue weighted by Gasteiger charge is -2.32. The lowest BCUT2D eigenvalue weighted by molar-refractivity contribution is -0.127. The van der Waals surface area contributed by atoms with Crippen molar-refractivity contribution in [3.8, 4) is 0 Å². The molecule has 2 aromatic heterocycles. The number of piperidine rings is 1. The van der Waals surface area contributed by atoms with Crippen LogP contribution in [0.2, 0.25) is 0 Å². The number of nitrogens with one attached hydrogen (secondary N) is 1. The summed E-state index contributed by atoms with van der Waals surface area (Å²) in [5.74, 6) is 1.29. The Kier molecular flexibility index (Phi) is 7.11. The van der Waals surface area contributed by atoms with Crippen molar-refractivity contribution in [1.82, 2.24) is 24.8 Å². The first-order chi connectivity index (χ1) is 13.5. The molecule has 3 heterocycles. The van der Waals surface area contributed by atoms with E-state index in [1.165, 1.54) is 0 Å². The first-order valence-corrected chi connectivity index (χ1v) is 10.4. The molecule has 0 saturated carbocycles. The quantitative estimate of drug-likeness (QED) is 0.721. The van der Waals surface area contributed by atoms with Gasteiger partial charge in [-0.2, -0.15) is 0 Å². The number of aryl methyl sites for hydroxylation is 1. The summed E-state index contributed by atoms with van der Waals surface area (Å²) in [4.78, 5) is 30.6. The van der Waals surface area contributed by atoms with Gasteiger partial charge < -0.3 is 15.1 Å². The van der Waals surface area contributed by atoms with Gasteiger partial charge in [-0.1, -0.05) is 6.08 Å². The Balaban J connectivity index is 1.56. The SMILES string of the molecule is Cc1cnc(Nc2cc(CC3CCCN(C(=O)/C=C/CN(C)C)C3)ncn2)s1. The molecule has 1 fully saturated rings. The van der Waals surface area contributed by atoms with Crippen LogP contribution in [-0.2, 0) is 11.2 Å². The summed E-state index contributed by atoms with van der Waals surface area (Å²) in [5.41, 5.74) is 0.994. The largest absolute Gasteiger partial charge is 0.339 e. The highest BCUT2D eigenvalue weighted by atomic mass is 32.1. The molecule has 1 amide bonds. The van der Waals surface area contributed by atoms with E-state index in [1.807, 2.05) is 49.2 Å². The topological polar surface area (TPSA) is 74.2 Å².